The molecule has 0 saturated carbocycles. The predicted molar refractivity (Wildman–Crippen MR) is 105 cm³/mol. The summed E-state index contributed by atoms with van der Waals surface area (Å²) in [6, 6.07) is 12.7. The molecule has 0 bridgehead atoms. The molecule has 0 saturated heterocycles. The first-order valence-corrected chi connectivity index (χ1v) is 8.53. The van der Waals surface area contributed by atoms with Crippen LogP contribution in [0.1, 0.15) is 16.1 Å². The van der Waals surface area contributed by atoms with Gasteiger partial charge in [-0.25, -0.2) is 14.8 Å². The maximum absolute atomic E-state index is 11.1. The van der Waals surface area contributed by atoms with Gasteiger partial charge in [0.25, 0.3) is 0 Å². The van der Waals surface area contributed by atoms with Crippen LogP contribution in [0.4, 0.5) is 11.6 Å². The Morgan fingerprint density at radius 3 is 2.79 bits per heavy atom. The fourth-order valence-electron chi connectivity index (χ4n) is 2.89. The van der Waals surface area contributed by atoms with E-state index in [4.69, 9.17) is 9.84 Å². The van der Waals surface area contributed by atoms with Gasteiger partial charge in [-0.1, -0.05) is 0 Å². The standard InChI is InChI=1S/C20H17N5O3/c1-28-11-12-4-6-21-17(8-12)16-5-7-22-20(25-16)23-14-2-3-15-13(9-14)10-18(24-15)19(26)27/h2-10,24H,11H2,1H3,(H,26,27)(H,22,23,25). The molecule has 28 heavy (non-hydrogen) atoms. The van der Waals surface area contributed by atoms with Crippen molar-refractivity contribution in [1.82, 2.24) is 19.9 Å². The first-order chi connectivity index (χ1) is 13.6. The first kappa shape index (κ1) is 17.6. The Kier molecular flexibility index (Phi) is 4.69. The second-order valence-electron chi connectivity index (χ2n) is 6.16. The van der Waals surface area contributed by atoms with E-state index in [1.165, 1.54) is 0 Å². The van der Waals surface area contributed by atoms with Crippen molar-refractivity contribution in [3.63, 3.8) is 0 Å². The number of aromatic amines is 1. The van der Waals surface area contributed by atoms with Gasteiger partial charge in [0.05, 0.1) is 18.0 Å². The minimum atomic E-state index is -0.995. The molecule has 8 heteroatoms. The van der Waals surface area contributed by atoms with Crippen molar-refractivity contribution in [3.8, 4) is 11.4 Å². The van der Waals surface area contributed by atoms with E-state index in [0.29, 0.717) is 18.2 Å². The quantitative estimate of drug-likeness (QED) is 0.472. The normalized spacial score (nSPS) is 10.9. The van der Waals surface area contributed by atoms with Gasteiger partial charge in [-0.15, -0.1) is 0 Å². The Balaban J connectivity index is 1.60. The summed E-state index contributed by atoms with van der Waals surface area (Å²) >= 11 is 0. The predicted octanol–water partition coefficient (Wildman–Crippen LogP) is 3.61. The number of aromatic carboxylic acids is 1. The molecular formula is C20H17N5O3. The summed E-state index contributed by atoms with van der Waals surface area (Å²) in [6.45, 7) is 0.501. The van der Waals surface area contributed by atoms with E-state index in [2.05, 4.69) is 25.3 Å². The lowest BCUT2D eigenvalue weighted by molar-refractivity contribution is 0.0691. The third-order valence-corrected chi connectivity index (χ3v) is 4.16. The number of hydrogen-bond donors (Lipinski definition) is 3. The number of anilines is 2. The van der Waals surface area contributed by atoms with Crippen LogP contribution in [0.5, 0.6) is 0 Å². The third-order valence-electron chi connectivity index (χ3n) is 4.16. The highest BCUT2D eigenvalue weighted by atomic mass is 16.5. The van der Waals surface area contributed by atoms with Crippen molar-refractivity contribution in [2.75, 3.05) is 12.4 Å². The van der Waals surface area contributed by atoms with E-state index < -0.39 is 5.97 Å². The summed E-state index contributed by atoms with van der Waals surface area (Å²) in [5, 5.41) is 13.0. The Labute approximate surface area is 160 Å². The van der Waals surface area contributed by atoms with E-state index >= 15 is 0 Å². The van der Waals surface area contributed by atoms with Crippen molar-refractivity contribution >= 4 is 28.5 Å². The zero-order valence-corrected chi connectivity index (χ0v) is 15.0. The van der Waals surface area contributed by atoms with Crippen LogP contribution >= 0.6 is 0 Å². The fourth-order valence-corrected chi connectivity index (χ4v) is 2.89. The van der Waals surface area contributed by atoms with E-state index in [1.807, 2.05) is 30.3 Å². The second kappa shape index (κ2) is 7.45. The van der Waals surface area contributed by atoms with Gasteiger partial charge in [0, 0.05) is 36.1 Å². The number of carbonyl (C=O) groups is 1. The van der Waals surface area contributed by atoms with Crippen LogP contribution in [0.15, 0.2) is 54.9 Å². The zero-order chi connectivity index (χ0) is 19.5. The molecule has 8 nitrogen and oxygen atoms in total. The molecule has 0 atom stereocenters. The summed E-state index contributed by atoms with van der Waals surface area (Å²) in [5.41, 5.74) is 4.07. The summed E-state index contributed by atoms with van der Waals surface area (Å²) in [7, 11) is 1.65. The van der Waals surface area contributed by atoms with E-state index in [9.17, 15) is 4.79 Å². The van der Waals surface area contributed by atoms with Gasteiger partial charge >= 0.3 is 5.97 Å². The van der Waals surface area contributed by atoms with E-state index in [1.54, 1.807) is 31.6 Å². The molecular weight excluding hydrogens is 358 g/mol. The highest BCUT2D eigenvalue weighted by molar-refractivity contribution is 5.94. The minimum absolute atomic E-state index is 0.146. The summed E-state index contributed by atoms with van der Waals surface area (Å²) in [5.74, 6) is -0.574. The number of carboxylic acid groups (broad SMARTS) is 1. The number of H-pyrrole nitrogens is 1. The van der Waals surface area contributed by atoms with Gasteiger partial charge in [-0.3, -0.25) is 4.98 Å². The van der Waals surface area contributed by atoms with Gasteiger partial charge in [-0.2, -0.15) is 0 Å². The van der Waals surface area contributed by atoms with Crippen molar-refractivity contribution in [2.45, 2.75) is 6.61 Å². The maximum atomic E-state index is 11.1. The van der Waals surface area contributed by atoms with Gasteiger partial charge < -0.3 is 20.1 Å². The number of rotatable bonds is 6. The Hall–Kier alpha value is -3.78. The van der Waals surface area contributed by atoms with E-state index in [0.717, 1.165) is 27.8 Å². The molecule has 3 heterocycles. The van der Waals surface area contributed by atoms with Crippen molar-refractivity contribution in [3.05, 3.63) is 66.1 Å². The van der Waals surface area contributed by atoms with Gasteiger partial charge in [-0.05, 0) is 48.0 Å². The molecule has 0 radical (unpaired) electrons. The van der Waals surface area contributed by atoms with Crippen LogP contribution in [0, 0.1) is 0 Å². The molecule has 0 aliphatic heterocycles. The lowest BCUT2D eigenvalue weighted by Gasteiger charge is -2.07. The summed E-state index contributed by atoms with van der Waals surface area (Å²) in [6.07, 6.45) is 3.38. The summed E-state index contributed by atoms with van der Waals surface area (Å²) < 4.78 is 5.16. The van der Waals surface area contributed by atoms with Gasteiger partial charge in [0.15, 0.2) is 0 Å². The summed E-state index contributed by atoms with van der Waals surface area (Å²) in [4.78, 5) is 27.1. The monoisotopic (exact) mass is 375 g/mol. The number of pyridine rings is 1. The number of nitrogens with zero attached hydrogens (tertiary/aromatic N) is 3. The number of aromatic nitrogens is 4. The second-order valence-corrected chi connectivity index (χ2v) is 6.16. The first-order valence-electron chi connectivity index (χ1n) is 8.53. The van der Waals surface area contributed by atoms with Crippen LogP contribution in [0.2, 0.25) is 0 Å². The Bertz CT molecular complexity index is 1160. The van der Waals surface area contributed by atoms with Crippen molar-refractivity contribution in [2.24, 2.45) is 0 Å². The lowest BCUT2D eigenvalue weighted by Crippen LogP contribution is -1.99. The number of benzene rings is 1. The highest BCUT2D eigenvalue weighted by Crippen LogP contribution is 2.23. The number of methoxy groups -OCH3 is 1. The number of fused-ring (bicyclic) bond motifs is 1. The number of carboxylic acids is 1. The molecule has 0 aliphatic rings. The molecule has 4 rings (SSSR count). The molecule has 0 amide bonds. The van der Waals surface area contributed by atoms with Crippen LogP contribution in [-0.4, -0.2) is 38.1 Å². The highest BCUT2D eigenvalue weighted by Gasteiger charge is 2.09. The number of nitrogens with one attached hydrogen (secondary N) is 2. The van der Waals surface area contributed by atoms with Crippen LogP contribution in [-0.2, 0) is 11.3 Å². The molecule has 4 aromatic rings. The van der Waals surface area contributed by atoms with Gasteiger partial charge in [0.2, 0.25) is 5.95 Å². The smallest absolute Gasteiger partial charge is 0.352 e. The average Bonchev–Trinajstić information content (AvgIpc) is 3.13. The van der Waals surface area contributed by atoms with Gasteiger partial charge in [0.1, 0.15) is 5.69 Å². The molecule has 0 fully saturated rings. The van der Waals surface area contributed by atoms with Crippen molar-refractivity contribution in [1.29, 1.82) is 0 Å². The molecule has 1 aromatic carbocycles. The number of ether oxygens (including phenoxy) is 1. The van der Waals surface area contributed by atoms with Crippen LogP contribution < -0.4 is 5.32 Å². The maximum Gasteiger partial charge on any atom is 0.352 e. The Morgan fingerprint density at radius 1 is 1.11 bits per heavy atom. The molecule has 140 valence electrons. The largest absolute Gasteiger partial charge is 0.477 e. The van der Waals surface area contributed by atoms with Crippen LogP contribution in [0.25, 0.3) is 22.3 Å². The molecule has 0 spiro atoms. The molecule has 3 aromatic heterocycles. The minimum Gasteiger partial charge on any atom is -0.477 e. The third kappa shape index (κ3) is 3.67. The van der Waals surface area contributed by atoms with Crippen molar-refractivity contribution < 1.29 is 14.6 Å². The molecule has 0 aliphatic carbocycles. The number of hydrogen-bond acceptors (Lipinski definition) is 6. The van der Waals surface area contributed by atoms with E-state index in [-0.39, 0.29) is 5.69 Å². The Morgan fingerprint density at radius 2 is 1.96 bits per heavy atom. The average molecular weight is 375 g/mol. The molecule has 0 unspecified atom stereocenters. The zero-order valence-electron chi connectivity index (χ0n) is 15.0. The van der Waals surface area contributed by atoms with Crippen LogP contribution in [0.3, 0.4) is 0 Å². The fraction of sp³-hybridized carbons (Fsp3) is 0.100. The SMILES string of the molecule is COCc1ccnc(-c2ccnc(Nc3ccc4[nH]c(C(=O)O)cc4c3)n2)c1. The lowest BCUT2D eigenvalue weighted by atomic mass is 10.2. The topological polar surface area (TPSA) is 113 Å². The molecule has 3 N–H and O–H groups in total.